The van der Waals surface area contributed by atoms with Crippen LogP contribution in [0.15, 0.2) is 23.1 Å². The molecule has 1 aromatic carbocycles. The SMILES string of the molecule is Cc1ccc(C)c(S(=O)(=O)N2CCCC(C(C)N)C2)c1.Cl. The molecule has 0 spiro atoms. The smallest absolute Gasteiger partial charge is 0.243 e. The minimum Gasteiger partial charge on any atom is -0.328 e. The Morgan fingerprint density at radius 3 is 2.62 bits per heavy atom. The first-order valence-corrected chi connectivity index (χ1v) is 8.59. The minimum absolute atomic E-state index is 0. The van der Waals surface area contributed by atoms with E-state index in [0.717, 1.165) is 24.0 Å². The maximum absolute atomic E-state index is 12.8. The van der Waals surface area contributed by atoms with Crippen LogP contribution in [0.5, 0.6) is 0 Å². The largest absolute Gasteiger partial charge is 0.328 e. The zero-order valence-electron chi connectivity index (χ0n) is 12.9. The first-order chi connectivity index (χ1) is 9.32. The van der Waals surface area contributed by atoms with Gasteiger partial charge in [0.25, 0.3) is 0 Å². The molecule has 1 heterocycles. The van der Waals surface area contributed by atoms with Gasteiger partial charge in [0.15, 0.2) is 0 Å². The fourth-order valence-electron chi connectivity index (χ4n) is 2.75. The van der Waals surface area contributed by atoms with Gasteiger partial charge in [-0.05, 0) is 56.7 Å². The summed E-state index contributed by atoms with van der Waals surface area (Å²) in [5.74, 6) is 0.253. The van der Waals surface area contributed by atoms with Crippen LogP contribution in [0.25, 0.3) is 0 Å². The fraction of sp³-hybridized carbons (Fsp3) is 0.600. The van der Waals surface area contributed by atoms with Crippen molar-refractivity contribution in [1.82, 2.24) is 4.31 Å². The molecule has 120 valence electrons. The summed E-state index contributed by atoms with van der Waals surface area (Å²) in [5, 5.41) is 0. The number of sulfonamides is 1. The van der Waals surface area contributed by atoms with E-state index in [1.165, 1.54) is 0 Å². The Balaban J connectivity index is 0.00000220. The third-order valence-corrected chi connectivity index (χ3v) is 6.13. The van der Waals surface area contributed by atoms with Gasteiger partial charge in [-0.2, -0.15) is 4.31 Å². The van der Waals surface area contributed by atoms with Crippen molar-refractivity contribution in [1.29, 1.82) is 0 Å². The molecule has 0 saturated carbocycles. The molecule has 0 amide bonds. The monoisotopic (exact) mass is 332 g/mol. The van der Waals surface area contributed by atoms with Gasteiger partial charge in [0.1, 0.15) is 0 Å². The Bertz CT molecular complexity index is 587. The van der Waals surface area contributed by atoms with Gasteiger partial charge in [-0.25, -0.2) is 8.42 Å². The molecule has 0 aromatic heterocycles. The number of hydrogen-bond donors (Lipinski definition) is 1. The summed E-state index contributed by atoms with van der Waals surface area (Å²) in [6.07, 6.45) is 1.90. The second-order valence-electron chi connectivity index (χ2n) is 5.89. The highest BCUT2D eigenvalue weighted by molar-refractivity contribution is 7.89. The van der Waals surface area contributed by atoms with Crippen molar-refractivity contribution in [2.24, 2.45) is 11.7 Å². The van der Waals surface area contributed by atoms with Gasteiger partial charge in [-0.1, -0.05) is 12.1 Å². The van der Waals surface area contributed by atoms with Crippen molar-refractivity contribution >= 4 is 22.4 Å². The number of nitrogens with zero attached hydrogens (tertiary/aromatic N) is 1. The van der Waals surface area contributed by atoms with Crippen LogP contribution in [0.4, 0.5) is 0 Å². The summed E-state index contributed by atoms with van der Waals surface area (Å²) >= 11 is 0. The lowest BCUT2D eigenvalue weighted by atomic mass is 9.93. The molecule has 2 N–H and O–H groups in total. The van der Waals surface area contributed by atoms with Crippen LogP contribution in [-0.4, -0.2) is 31.9 Å². The van der Waals surface area contributed by atoms with Crippen LogP contribution in [-0.2, 0) is 10.0 Å². The highest BCUT2D eigenvalue weighted by Crippen LogP contribution is 2.27. The lowest BCUT2D eigenvalue weighted by Crippen LogP contribution is -2.45. The summed E-state index contributed by atoms with van der Waals surface area (Å²) in [6.45, 7) is 6.85. The molecule has 0 aliphatic carbocycles. The van der Waals surface area contributed by atoms with E-state index >= 15 is 0 Å². The van der Waals surface area contributed by atoms with Gasteiger partial charge in [0, 0.05) is 19.1 Å². The highest BCUT2D eigenvalue weighted by atomic mass is 35.5. The Hall–Kier alpha value is -0.620. The molecule has 2 atom stereocenters. The molecule has 21 heavy (non-hydrogen) atoms. The number of nitrogens with two attached hydrogens (primary N) is 1. The molecule has 0 bridgehead atoms. The molecule has 1 aliphatic rings. The van der Waals surface area contributed by atoms with Gasteiger partial charge in [0.2, 0.25) is 10.0 Å². The quantitative estimate of drug-likeness (QED) is 0.924. The van der Waals surface area contributed by atoms with Gasteiger partial charge in [0.05, 0.1) is 4.90 Å². The molecule has 2 rings (SSSR count). The average molecular weight is 333 g/mol. The van der Waals surface area contributed by atoms with Crippen molar-refractivity contribution in [2.75, 3.05) is 13.1 Å². The van der Waals surface area contributed by atoms with Gasteiger partial charge < -0.3 is 5.73 Å². The van der Waals surface area contributed by atoms with Crippen molar-refractivity contribution < 1.29 is 8.42 Å². The van der Waals surface area contributed by atoms with Gasteiger partial charge in [-0.15, -0.1) is 12.4 Å². The maximum Gasteiger partial charge on any atom is 0.243 e. The first kappa shape index (κ1) is 18.4. The Labute approximate surface area is 134 Å². The Morgan fingerprint density at radius 1 is 1.33 bits per heavy atom. The third kappa shape index (κ3) is 3.97. The van der Waals surface area contributed by atoms with E-state index in [4.69, 9.17) is 5.73 Å². The number of benzene rings is 1. The zero-order chi connectivity index (χ0) is 14.9. The van der Waals surface area contributed by atoms with E-state index < -0.39 is 10.0 Å². The predicted octanol–water partition coefficient (Wildman–Crippen LogP) is 2.47. The van der Waals surface area contributed by atoms with Gasteiger partial charge in [-0.3, -0.25) is 0 Å². The second-order valence-corrected chi connectivity index (χ2v) is 7.80. The van der Waals surface area contributed by atoms with Crippen molar-refractivity contribution in [3.05, 3.63) is 29.3 Å². The second kappa shape index (κ2) is 7.09. The fourth-order valence-corrected chi connectivity index (χ4v) is 4.59. The molecular weight excluding hydrogens is 308 g/mol. The topological polar surface area (TPSA) is 63.4 Å². The number of rotatable bonds is 3. The highest BCUT2D eigenvalue weighted by Gasteiger charge is 2.32. The molecule has 2 unspecified atom stereocenters. The summed E-state index contributed by atoms with van der Waals surface area (Å²) in [7, 11) is -3.40. The summed E-state index contributed by atoms with van der Waals surface area (Å²) < 4.78 is 27.2. The number of aryl methyl sites for hydroxylation is 2. The first-order valence-electron chi connectivity index (χ1n) is 7.15. The van der Waals surface area contributed by atoms with E-state index in [9.17, 15) is 8.42 Å². The molecule has 0 radical (unpaired) electrons. The predicted molar refractivity (Wildman–Crippen MR) is 88.3 cm³/mol. The minimum atomic E-state index is -3.40. The molecular formula is C15H25ClN2O2S. The van der Waals surface area contributed by atoms with E-state index in [1.807, 2.05) is 32.9 Å². The molecule has 1 fully saturated rings. The van der Waals surface area contributed by atoms with Crippen LogP contribution in [0.3, 0.4) is 0 Å². The van der Waals surface area contributed by atoms with Crippen molar-refractivity contribution in [2.45, 2.75) is 44.6 Å². The molecule has 1 aromatic rings. The van der Waals surface area contributed by atoms with E-state index in [-0.39, 0.29) is 24.4 Å². The molecule has 4 nitrogen and oxygen atoms in total. The summed E-state index contributed by atoms with van der Waals surface area (Å²) in [6, 6.07) is 5.61. The van der Waals surface area contributed by atoms with E-state index in [1.54, 1.807) is 10.4 Å². The Kier molecular flexibility index (Phi) is 6.23. The molecule has 1 saturated heterocycles. The van der Waals surface area contributed by atoms with Crippen molar-refractivity contribution in [3.63, 3.8) is 0 Å². The van der Waals surface area contributed by atoms with Crippen LogP contribution in [0.1, 0.15) is 30.9 Å². The van der Waals surface area contributed by atoms with Crippen LogP contribution in [0.2, 0.25) is 0 Å². The summed E-state index contributed by atoms with van der Waals surface area (Å²) in [5.41, 5.74) is 7.72. The molecule has 1 aliphatic heterocycles. The Morgan fingerprint density at radius 2 is 2.00 bits per heavy atom. The van der Waals surface area contributed by atoms with Crippen LogP contribution < -0.4 is 5.73 Å². The van der Waals surface area contributed by atoms with Crippen molar-refractivity contribution in [3.8, 4) is 0 Å². The molecule has 6 heteroatoms. The standard InChI is InChI=1S/C15H24N2O2S.ClH/c1-11-6-7-12(2)15(9-11)20(18,19)17-8-4-5-14(10-17)13(3)16;/h6-7,9,13-14H,4-5,8,10,16H2,1-3H3;1H. The lowest BCUT2D eigenvalue weighted by molar-refractivity contribution is 0.243. The normalized spacial score (nSPS) is 21.6. The zero-order valence-corrected chi connectivity index (χ0v) is 14.5. The van der Waals surface area contributed by atoms with Crippen LogP contribution in [0, 0.1) is 19.8 Å². The lowest BCUT2D eigenvalue weighted by Gasteiger charge is -2.34. The van der Waals surface area contributed by atoms with E-state index in [0.29, 0.717) is 18.0 Å². The number of hydrogen-bond acceptors (Lipinski definition) is 3. The van der Waals surface area contributed by atoms with Gasteiger partial charge >= 0.3 is 0 Å². The third-order valence-electron chi connectivity index (χ3n) is 4.13. The van der Waals surface area contributed by atoms with E-state index in [2.05, 4.69) is 0 Å². The number of piperidine rings is 1. The average Bonchev–Trinajstić information content (AvgIpc) is 2.41. The summed E-state index contributed by atoms with van der Waals surface area (Å²) in [4.78, 5) is 0.433. The van der Waals surface area contributed by atoms with Crippen LogP contribution >= 0.6 is 12.4 Å². The maximum atomic E-state index is 12.8. The number of halogens is 1.